The molecular formula is C24H48Ca3Lu2O42. The van der Waals surface area contributed by atoms with Crippen molar-refractivity contribution in [2.45, 2.75) is 0 Å². The van der Waals surface area contributed by atoms with Gasteiger partial charge in [-0.2, -0.15) is 0 Å². The molecule has 24 N–H and O–H groups in total. The second kappa shape index (κ2) is 114. The molecular weight excluding hydrogens is 1430 g/mol. The maximum atomic E-state index is 9.53. The summed E-state index contributed by atoms with van der Waals surface area (Å²) in [5.41, 5.74) is 0. The van der Waals surface area contributed by atoms with E-state index < -0.39 is 151 Å². The van der Waals surface area contributed by atoms with Crippen molar-refractivity contribution in [3.8, 4) is 0 Å². The third-order valence-electron chi connectivity index (χ3n) is 2.64. The first-order chi connectivity index (χ1) is 24.8. The molecule has 432 valence electrons. The number of ether oxygens (including phenoxy) is 6. The van der Waals surface area contributed by atoms with Crippen LogP contribution in [0.3, 0.4) is 0 Å². The molecule has 71 heavy (non-hydrogen) atoms. The van der Waals surface area contributed by atoms with E-state index in [0.29, 0.717) is 0 Å². The van der Waals surface area contributed by atoms with Crippen LogP contribution in [-0.2, 0) is 86.0 Å². The maximum absolute atomic E-state index is 9.53. The Hall–Kier alpha value is -0.833. The molecule has 0 aromatic carbocycles. The average Bonchev–Trinajstić information content (AvgIpc) is 2.96. The molecule has 0 aromatic heterocycles. The van der Waals surface area contributed by atoms with E-state index in [9.17, 15) is 119 Å². The number of carbonyl (C=O) groups excluding carboxylic acids is 12. The summed E-state index contributed by atoms with van der Waals surface area (Å²) < 4.78 is 24.2. The zero-order valence-electron chi connectivity index (χ0n) is 35.4. The minimum atomic E-state index is -1.45. The predicted molar refractivity (Wildman–Crippen MR) is 186 cm³/mol. The van der Waals surface area contributed by atoms with Crippen LogP contribution in [0, 0.1) is 73.7 Å². The van der Waals surface area contributed by atoms with Crippen molar-refractivity contribution in [3.63, 3.8) is 0 Å². The van der Waals surface area contributed by atoms with Crippen LogP contribution in [0.1, 0.15) is 0 Å². The molecule has 0 atom stereocenters. The Morgan fingerprint density at radius 3 is 0.254 bits per heavy atom. The van der Waals surface area contributed by atoms with Crippen molar-refractivity contribution < 1.29 is 287 Å². The number of carboxylic acid groups (broad SMARTS) is 12. The van der Waals surface area contributed by atoms with Gasteiger partial charge in [0.05, 0.1) is 151 Å². The first kappa shape index (κ1) is 151. The quantitative estimate of drug-likeness (QED) is 0.0810. The third-order valence-corrected chi connectivity index (χ3v) is 2.64. The van der Waals surface area contributed by atoms with Gasteiger partial charge in [-0.25, -0.2) is 0 Å². The van der Waals surface area contributed by atoms with Gasteiger partial charge in [0, 0.05) is 0 Å². The number of carbonyl (C=O) groups is 12. The van der Waals surface area contributed by atoms with Crippen LogP contribution in [0.25, 0.3) is 0 Å². The van der Waals surface area contributed by atoms with Gasteiger partial charge in [-0.15, -0.1) is 0 Å². The zero-order chi connectivity index (χ0) is 43.7. The number of rotatable bonds is 24. The molecule has 0 radical (unpaired) electrons. The zero-order valence-corrected chi connectivity index (χ0v) is 45.3. The fourth-order valence-electron chi connectivity index (χ4n) is 1.31. The minimum Gasteiger partial charge on any atom is -0.548 e. The normalized spacial score (nSPS) is 6.76. The Labute approximate surface area is 543 Å². The summed E-state index contributed by atoms with van der Waals surface area (Å²) >= 11 is 0. The molecule has 0 aromatic rings. The Morgan fingerprint density at radius 1 is 0.183 bits per heavy atom. The second-order valence-electron chi connectivity index (χ2n) is 7.42. The van der Waals surface area contributed by atoms with Crippen molar-refractivity contribution >= 4 is 185 Å². The summed E-state index contributed by atoms with van der Waals surface area (Å²) in [7, 11) is 0. The van der Waals surface area contributed by atoms with E-state index in [0.717, 1.165) is 0 Å². The minimum absolute atomic E-state index is 0. The van der Waals surface area contributed by atoms with E-state index in [1.54, 1.807) is 0 Å². The number of aliphatic carboxylic acids is 12. The molecule has 42 nitrogen and oxygen atoms in total. The van der Waals surface area contributed by atoms with Gasteiger partial charge < -0.3 is 213 Å². The maximum Gasteiger partial charge on any atom is 3.00 e. The standard InChI is InChI=1S/6C4H6O5.3Ca.2Lu.12H2O/c6*5-3(6)1-9-2-4(7)8;;;;;;;;;;;;;;;;;/h6*1-2H2,(H,5,6)(H,7,8);;;;;;12*1H2/q;;;;;;3*+2;2*+3;;;;;;;;;;;;/p-12. The van der Waals surface area contributed by atoms with E-state index in [2.05, 4.69) is 28.4 Å². The Bertz CT molecular complexity index is 897. The van der Waals surface area contributed by atoms with Crippen LogP contribution in [0.15, 0.2) is 0 Å². The van der Waals surface area contributed by atoms with Crippen molar-refractivity contribution in [2.24, 2.45) is 0 Å². The summed E-state index contributed by atoms with van der Waals surface area (Å²) in [6.07, 6.45) is 0. The molecule has 0 bridgehead atoms. The van der Waals surface area contributed by atoms with Crippen LogP contribution >= 0.6 is 0 Å². The molecule has 47 heteroatoms. The smallest absolute Gasteiger partial charge is 0.548 e. The van der Waals surface area contributed by atoms with Crippen LogP contribution in [0.5, 0.6) is 0 Å². The summed E-state index contributed by atoms with van der Waals surface area (Å²) in [6.45, 7) is -8.57. The van der Waals surface area contributed by atoms with Crippen LogP contribution < -0.4 is 61.3 Å². The SMILES string of the molecule is O.O.O.O.O.O.O.O.O.O.O.O.O=C([O-])COCC(=O)[O-].O=C([O-])COCC(=O)[O-].O=C([O-])COCC(=O)[O-].O=C([O-])COCC(=O)[O-].O=C([O-])COCC(=O)[O-].O=C([O-])COCC(=O)[O-].[Ca+2].[Ca+2].[Ca+2].[Lu+3].[Lu+3]. The van der Waals surface area contributed by atoms with Gasteiger partial charge in [0.25, 0.3) is 0 Å². The van der Waals surface area contributed by atoms with E-state index in [4.69, 9.17) is 0 Å². The molecule has 0 saturated heterocycles. The van der Waals surface area contributed by atoms with Crippen molar-refractivity contribution in [1.29, 1.82) is 0 Å². The molecule has 0 unspecified atom stereocenters. The third kappa shape index (κ3) is 252. The molecule has 0 fully saturated rings. The second-order valence-corrected chi connectivity index (χ2v) is 7.42. The van der Waals surface area contributed by atoms with Crippen LogP contribution in [0.2, 0.25) is 0 Å². The van der Waals surface area contributed by atoms with Crippen molar-refractivity contribution in [3.05, 3.63) is 0 Å². The molecule has 0 spiro atoms. The number of carboxylic acids is 12. The molecule has 0 amide bonds. The molecule has 0 heterocycles. The summed E-state index contributed by atoms with van der Waals surface area (Å²) in [6, 6.07) is 0. The first-order valence-electron chi connectivity index (χ1n) is 12.6. The molecule has 0 aliphatic rings. The predicted octanol–water partition coefficient (Wildman–Crippen LogP) is -32.0. The van der Waals surface area contributed by atoms with Gasteiger partial charge >= 0.3 is 187 Å². The topological polar surface area (TPSA) is 915 Å². The Balaban J connectivity index is -0.0000000177. The van der Waals surface area contributed by atoms with Crippen molar-refractivity contribution in [2.75, 3.05) is 79.3 Å². The van der Waals surface area contributed by atoms with Gasteiger partial charge in [-0.1, -0.05) is 0 Å². The van der Waals surface area contributed by atoms with E-state index in [-0.39, 0.29) is 253 Å². The van der Waals surface area contributed by atoms with Gasteiger partial charge in [0.1, 0.15) is 0 Å². The van der Waals surface area contributed by atoms with Gasteiger partial charge in [0.2, 0.25) is 0 Å². The van der Waals surface area contributed by atoms with Gasteiger partial charge in [-0.05, 0) is 0 Å². The summed E-state index contributed by atoms with van der Waals surface area (Å²) in [5, 5.41) is 114. The van der Waals surface area contributed by atoms with E-state index in [1.807, 2.05) is 0 Å². The molecule has 0 aliphatic carbocycles. The van der Waals surface area contributed by atoms with Gasteiger partial charge in [-0.3, -0.25) is 0 Å². The monoisotopic (exact) mass is 1480 g/mol. The van der Waals surface area contributed by atoms with E-state index in [1.165, 1.54) is 0 Å². The van der Waals surface area contributed by atoms with E-state index >= 15 is 0 Å². The summed E-state index contributed by atoms with van der Waals surface area (Å²) in [5.74, 6) is -17.4. The Morgan fingerprint density at radius 2 is 0.225 bits per heavy atom. The fourth-order valence-corrected chi connectivity index (χ4v) is 1.31. The van der Waals surface area contributed by atoms with Gasteiger partial charge in [0.15, 0.2) is 0 Å². The van der Waals surface area contributed by atoms with Crippen LogP contribution in [0.4, 0.5) is 0 Å². The molecule has 0 aliphatic heterocycles. The average molecular weight is 1480 g/mol. The number of hydrogen-bond donors (Lipinski definition) is 0. The van der Waals surface area contributed by atoms with Crippen LogP contribution in [-0.4, -0.2) is 330 Å². The largest absolute Gasteiger partial charge is 3.00 e. The molecule has 0 rings (SSSR count). The number of hydrogen-bond acceptors (Lipinski definition) is 30. The fraction of sp³-hybridized carbons (Fsp3) is 0.500. The first-order valence-corrected chi connectivity index (χ1v) is 12.6. The Kier molecular flexibility index (Phi) is 242. The summed E-state index contributed by atoms with van der Waals surface area (Å²) in [4.78, 5) is 114. The van der Waals surface area contributed by atoms with Crippen molar-refractivity contribution in [1.82, 2.24) is 0 Å². The molecule has 0 saturated carbocycles.